The largest absolute Gasteiger partial charge is 0.291 e. The average Bonchev–Trinajstić information content (AvgIpc) is 3.07. The molecule has 3 rings (SSSR count). The molecule has 25 heavy (non-hydrogen) atoms. The zero-order valence-electron chi connectivity index (χ0n) is 12.9. The fourth-order valence-electron chi connectivity index (χ4n) is 2.07. The predicted octanol–water partition coefficient (Wildman–Crippen LogP) is 3.40. The number of carbonyl (C=O) groups excluding carboxylic acids is 1. The fraction of sp³-hybridized carbons (Fsp3) is 0.0588. The summed E-state index contributed by atoms with van der Waals surface area (Å²) in [6.45, 7) is 0.434. The van der Waals surface area contributed by atoms with E-state index in [1.807, 2.05) is 6.07 Å². The summed E-state index contributed by atoms with van der Waals surface area (Å²) in [5, 5.41) is 9.24. The summed E-state index contributed by atoms with van der Waals surface area (Å²) in [4.78, 5) is 16.0. The van der Waals surface area contributed by atoms with Gasteiger partial charge >= 0.3 is 0 Å². The zero-order valence-corrected chi connectivity index (χ0v) is 14.4. The van der Waals surface area contributed by atoms with E-state index < -0.39 is 5.91 Å². The van der Waals surface area contributed by atoms with Gasteiger partial charge in [0.25, 0.3) is 5.91 Å². The Balaban J connectivity index is 1.62. The van der Waals surface area contributed by atoms with Crippen LogP contribution in [0.2, 0.25) is 10.0 Å². The van der Waals surface area contributed by atoms with Crippen molar-refractivity contribution in [3.63, 3.8) is 0 Å². The molecule has 1 amide bonds. The molecule has 0 saturated carbocycles. The molecular formula is C17H13Cl2N5O. The van der Waals surface area contributed by atoms with Crippen LogP contribution in [-0.2, 0) is 6.54 Å². The molecule has 0 radical (unpaired) electrons. The van der Waals surface area contributed by atoms with Crippen LogP contribution in [0.1, 0.15) is 21.6 Å². The molecule has 1 N–H and O–H groups in total. The second-order valence-electron chi connectivity index (χ2n) is 5.11. The van der Waals surface area contributed by atoms with E-state index in [0.717, 1.165) is 11.1 Å². The van der Waals surface area contributed by atoms with Gasteiger partial charge in [0.05, 0.1) is 12.8 Å². The highest BCUT2D eigenvalue weighted by atomic mass is 35.5. The number of pyridine rings is 1. The van der Waals surface area contributed by atoms with Crippen molar-refractivity contribution in [2.24, 2.45) is 5.10 Å². The lowest BCUT2D eigenvalue weighted by atomic mass is 10.2. The molecule has 0 atom stereocenters. The first-order valence-electron chi connectivity index (χ1n) is 7.32. The van der Waals surface area contributed by atoms with E-state index in [4.69, 9.17) is 23.2 Å². The number of benzene rings is 1. The van der Waals surface area contributed by atoms with Crippen molar-refractivity contribution in [2.45, 2.75) is 6.54 Å². The van der Waals surface area contributed by atoms with Crippen molar-refractivity contribution >= 4 is 35.3 Å². The van der Waals surface area contributed by atoms with Gasteiger partial charge in [-0.05, 0) is 41.5 Å². The Labute approximate surface area is 154 Å². The molecule has 0 unspecified atom stereocenters. The van der Waals surface area contributed by atoms with E-state index in [0.29, 0.717) is 16.6 Å². The van der Waals surface area contributed by atoms with Crippen LogP contribution in [0.4, 0.5) is 0 Å². The maximum atomic E-state index is 12.1. The molecule has 126 valence electrons. The molecule has 2 heterocycles. The summed E-state index contributed by atoms with van der Waals surface area (Å²) in [5.41, 5.74) is 4.39. The van der Waals surface area contributed by atoms with E-state index in [-0.39, 0.29) is 5.69 Å². The Morgan fingerprint density at radius 3 is 2.76 bits per heavy atom. The van der Waals surface area contributed by atoms with Crippen molar-refractivity contribution in [1.29, 1.82) is 0 Å². The summed E-state index contributed by atoms with van der Waals surface area (Å²) >= 11 is 12.0. The first-order chi connectivity index (χ1) is 12.1. The highest BCUT2D eigenvalue weighted by Gasteiger charge is 2.09. The van der Waals surface area contributed by atoms with Gasteiger partial charge in [0, 0.05) is 28.6 Å². The van der Waals surface area contributed by atoms with Crippen LogP contribution >= 0.6 is 23.2 Å². The van der Waals surface area contributed by atoms with Gasteiger partial charge in [-0.15, -0.1) is 0 Å². The number of carbonyl (C=O) groups is 1. The van der Waals surface area contributed by atoms with Crippen molar-refractivity contribution in [1.82, 2.24) is 20.2 Å². The number of nitrogens with zero attached hydrogens (tertiary/aromatic N) is 4. The monoisotopic (exact) mass is 373 g/mol. The normalized spacial score (nSPS) is 11.0. The van der Waals surface area contributed by atoms with Crippen LogP contribution in [0.5, 0.6) is 0 Å². The average molecular weight is 374 g/mol. The van der Waals surface area contributed by atoms with Crippen LogP contribution in [0.15, 0.2) is 60.1 Å². The van der Waals surface area contributed by atoms with Gasteiger partial charge in [-0.2, -0.15) is 10.2 Å². The number of hydrogen-bond acceptors (Lipinski definition) is 4. The van der Waals surface area contributed by atoms with E-state index in [1.54, 1.807) is 53.6 Å². The molecule has 3 aromatic rings. The summed E-state index contributed by atoms with van der Waals surface area (Å²) in [6.07, 6.45) is 6.52. The van der Waals surface area contributed by atoms with Gasteiger partial charge in [0.2, 0.25) is 0 Å². The lowest BCUT2D eigenvalue weighted by molar-refractivity contribution is 0.0949. The Bertz CT molecular complexity index is 908. The minimum atomic E-state index is -0.397. The van der Waals surface area contributed by atoms with Gasteiger partial charge < -0.3 is 0 Å². The van der Waals surface area contributed by atoms with Gasteiger partial charge in [0.15, 0.2) is 5.69 Å². The highest BCUT2D eigenvalue weighted by molar-refractivity contribution is 6.35. The molecule has 8 heteroatoms. The third kappa shape index (κ3) is 4.65. The van der Waals surface area contributed by atoms with E-state index in [1.165, 1.54) is 6.21 Å². The van der Waals surface area contributed by atoms with Gasteiger partial charge in [-0.1, -0.05) is 29.3 Å². The molecule has 0 fully saturated rings. The number of hydrogen-bond donors (Lipinski definition) is 1. The smallest absolute Gasteiger partial charge is 0.267 e. The fourth-order valence-corrected chi connectivity index (χ4v) is 2.54. The molecule has 1 aromatic carbocycles. The number of halogens is 2. The topological polar surface area (TPSA) is 72.2 Å². The van der Waals surface area contributed by atoms with Crippen LogP contribution in [-0.4, -0.2) is 26.9 Å². The second kappa shape index (κ2) is 7.92. The van der Waals surface area contributed by atoms with Crippen LogP contribution in [0.25, 0.3) is 0 Å². The summed E-state index contributed by atoms with van der Waals surface area (Å²) in [5.74, 6) is -0.397. The Morgan fingerprint density at radius 2 is 2.00 bits per heavy atom. The summed E-state index contributed by atoms with van der Waals surface area (Å²) in [6, 6.07) is 10.4. The molecule has 0 aliphatic heterocycles. The van der Waals surface area contributed by atoms with Crippen LogP contribution in [0.3, 0.4) is 0 Å². The molecule has 0 spiro atoms. The molecule has 2 aromatic heterocycles. The quantitative estimate of drug-likeness (QED) is 0.550. The van der Waals surface area contributed by atoms with Crippen LogP contribution < -0.4 is 5.43 Å². The molecule has 6 nitrogen and oxygen atoms in total. The lowest BCUT2D eigenvalue weighted by Gasteiger charge is -2.05. The van der Waals surface area contributed by atoms with E-state index in [9.17, 15) is 4.79 Å². The van der Waals surface area contributed by atoms with E-state index >= 15 is 0 Å². The maximum absolute atomic E-state index is 12.1. The number of amides is 1. The Hall–Kier alpha value is -2.70. The highest BCUT2D eigenvalue weighted by Crippen LogP contribution is 2.21. The van der Waals surface area contributed by atoms with Crippen molar-refractivity contribution in [2.75, 3.05) is 0 Å². The molecule has 0 bridgehead atoms. The SMILES string of the molecule is O=C(N/N=C/c1ccncc1)c1ccn(Cc2ccc(Cl)cc2Cl)n1. The van der Waals surface area contributed by atoms with Gasteiger partial charge in [-0.3, -0.25) is 14.5 Å². The maximum Gasteiger partial charge on any atom is 0.291 e. The first kappa shape index (κ1) is 17.1. The van der Waals surface area contributed by atoms with Crippen molar-refractivity contribution in [3.05, 3.63) is 81.9 Å². The number of nitrogens with one attached hydrogen (secondary N) is 1. The third-order valence-electron chi connectivity index (χ3n) is 3.31. The van der Waals surface area contributed by atoms with Gasteiger partial charge in [-0.25, -0.2) is 5.43 Å². The molecule has 0 aliphatic carbocycles. The standard InChI is InChI=1S/C17H13Cl2N5O/c18-14-2-1-13(15(19)9-14)11-24-8-5-16(23-24)17(25)22-21-10-12-3-6-20-7-4-12/h1-10H,11H2,(H,22,25)/b21-10+. The number of hydrazone groups is 1. The molecule has 0 aliphatic rings. The van der Waals surface area contributed by atoms with Crippen molar-refractivity contribution in [3.8, 4) is 0 Å². The number of aromatic nitrogens is 3. The van der Waals surface area contributed by atoms with Gasteiger partial charge in [0.1, 0.15) is 0 Å². The molecular weight excluding hydrogens is 361 g/mol. The summed E-state index contributed by atoms with van der Waals surface area (Å²) in [7, 11) is 0. The minimum absolute atomic E-state index is 0.261. The Morgan fingerprint density at radius 1 is 1.20 bits per heavy atom. The third-order valence-corrected chi connectivity index (χ3v) is 3.89. The van der Waals surface area contributed by atoms with Crippen LogP contribution in [0, 0.1) is 0 Å². The van der Waals surface area contributed by atoms with E-state index in [2.05, 4.69) is 20.6 Å². The number of rotatable bonds is 5. The Kier molecular flexibility index (Phi) is 5.42. The predicted molar refractivity (Wildman–Crippen MR) is 97.1 cm³/mol. The molecule has 0 saturated heterocycles. The minimum Gasteiger partial charge on any atom is -0.267 e. The summed E-state index contributed by atoms with van der Waals surface area (Å²) < 4.78 is 1.62. The second-order valence-corrected chi connectivity index (χ2v) is 5.96. The first-order valence-corrected chi connectivity index (χ1v) is 8.08. The zero-order chi connectivity index (χ0) is 17.6. The van der Waals surface area contributed by atoms with Crippen molar-refractivity contribution < 1.29 is 4.79 Å². The lowest BCUT2D eigenvalue weighted by Crippen LogP contribution is -2.18.